The van der Waals surface area contributed by atoms with E-state index >= 15 is 0 Å². The van der Waals surface area contributed by atoms with Crippen LogP contribution in [-0.2, 0) is 0 Å². The van der Waals surface area contributed by atoms with E-state index in [1.165, 1.54) is 0 Å². The molecule has 2 rings (SSSR count). The normalized spacial score (nSPS) is 10.8. The fourth-order valence-electron chi connectivity index (χ4n) is 1.50. The fraction of sp³-hybridized carbons (Fsp3) is 0. The smallest absolute Gasteiger partial charge is 0.354 e. The summed E-state index contributed by atoms with van der Waals surface area (Å²) in [6.07, 6.45) is 0. The van der Waals surface area contributed by atoms with Gasteiger partial charge in [0.2, 0.25) is 0 Å². The van der Waals surface area contributed by atoms with Crippen molar-refractivity contribution < 1.29 is 15.0 Å². The Morgan fingerprint density at radius 3 is 2.50 bits per heavy atom. The molecule has 0 saturated heterocycles. The number of aromatic hydroxyl groups is 1. The van der Waals surface area contributed by atoms with Crippen molar-refractivity contribution in [2.75, 3.05) is 0 Å². The maximum Gasteiger partial charge on any atom is 0.354 e. The van der Waals surface area contributed by atoms with Gasteiger partial charge in [-0.05, 0) is 55.4 Å². The average molecular weight is 322 g/mol. The molecule has 8 heteroatoms. The third kappa shape index (κ3) is 2.47. The van der Waals surface area contributed by atoms with Gasteiger partial charge < -0.3 is 10.2 Å². The topological polar surface area (TPSA) is 70.4 Å². The fourth-order valence-corrected chi connectivity index (χ4v) is 2.98. The molecular formula is C10H5Cl2NO3S2. The highest BCUT2D eigenvalue weighted by atomic mass is 35.7. The van der Waals surface area contributed by atoms with E-state index in [4.69, 9.17) is 26.5 Å². The van der Waals surface area contributed by atoms with Gasteiger partial charge in [-0.1, -0.05) is 0 Å². The van der Waals surface area contributed by atoms with Crippen LogP contribution in [0.1, 0.15) is 10.5 Å². The maximum absolute atomic E-state index is 10.9. The highest BCUT2D eigenvalue weighted by Gasteiger charge is 2.14. The molecule has 0 fully saturated rings. The largest absolute Gasteiger partial charge is 0.507 e. The van der Waals surface area contributed by atoms with Crippen LogP contribution < -0.4 is 0 Å². The summed E-state index contributed by atoms with van der Waals surface area (Å²) in [5.74, 6) is -1.39. The van der Waals surface area contributed by atoms with Crippen LogP contribution in [0, 0.1) is 0 Å². The number of fused-ring (bicyclic) bond motifs is 1. The maximum atomic E-state index is 10.9. The Balaban J connectivity index is 2.82. The van der Waals surface area contributed by atoms with E-state index in [1.807, 2.05) is 0 Å². The van der Waals surface area contributed by atoms with Gasteiger partial charge in [-0.2, -0.15) is 0 Å². The highest BCUT2D eigenvalue weighted by Crippen LogP contribution is 2.39. The lowest BCUT2D eigenvalue weighted by Gasteiger charge is -2.07. The number of hydrogen-bond acceptors (Lipinski definition) is 5. The molecule has 1 aromatic carbocycles. The highest BCUT2D eigenvalue weighted by molar-refractivity contribution is 8.21. The van der Waals surface area contributed by atoms with Gasteiger partial charge in [-0.3, -0.25) is 0 Å². The number of carbonyl (C=O) groups is 1. The van der Waals surface area contributed by atoms with Gasteiger partial charge in [0.1, 0.15) is 5.75 Å². The molecule has 2 aromatic rings. The lowest BCUT2D eigenvalue weighted by molar-refractivity contribution is 0.0690. The van der Waals surface area contributed by atoms with Crippen LogP contribution in [0.4, 0.5) is 0 Å². The third-order valence-electron chi connectivity index (χ3n) is 2.22. The van der Waals surface area contributed by atoms with E-state index in [1.54, 1.807) is 12.1 Å². The third-order valence-corrected chi connectivity index (χ3v) is 4.15. The first kappa shape index (κ1) is 13.6. The quantitative estimate of drug-likeness (QED) is 0.885. The van der Waals surface area contributed by atoms with E-state index in [9.17, 15) is 9.90 Å². The van der Waals surface area contributed by atoms with Crippen LogP contribution in [0.5, 0.6) is 5.75 Å². The van der Waals surface area contributed by atoms with Gasteiger partial charge in [-0.15, -0.1) is 0 Å². The van der Waals surface area contributed by atoms with Crippen LogP contribution in [-0.4, -0.2) is 21.2 Å². The van der Waals surface area contributed by atoms with Crippen molar-refractivity contribution in [3.63, 3.8) is 0 Å². The lowest BCUT2D eigenvalue weighted by atomic mass is 10.2. The van der Waals surface area contributed by atoms with Gasteiger partial charge in [0, 0.05) is 15.9 Å². The van der Waals surface area contributed by atoms with E-state index < -0.39 is 5.97 Å². The molecule has 0 saturated carbocycles. The Labute approximate surface area is 119 Å². The number of pyridine rings is 1. The molecule has 0 amide bonds. The van der Waals surface area contributed by atoms with Crippen LogP contribution >= 0.6 is 43.3 Å². The van der Waals surface area contributed by atoms with Crippen molar-refractivity contribution in [2.45, 2.75) is 9.79 Å². The Bertz CT molecular complexity index is 636. The molecule has 0 aliphatic rings. The van der Waals surface area contributed by atoms with Gasteiger partial charge in [0.05, 0.1) is 10.9 Å². The lowest BCUT2D eigenvalue weighted by Crippen LogP contribution is -2.00. The number of carboxylic acids is 1. The molecule has 1 heterocycles. The zero-order valence-electron chi connectivity index (χ0n) is 8.55. The summed E-state index contributed by atoms with van der Waals surface area (Å²) in [4.78, 5) is 16.1. The first-order valence-electron chi connectivity index (χ1n) is 4.55. The molecule has 0 radical (unpaired) electrons. The SMILES string of the molecule is O=C(O)c1cc(O)c2c(SCl)cc(SCl)cc2n1. The number of aromatic carboxylic acids is 1. The number of carboxylic acid groups (broad SMARTS) is 1. The van der Waals surface area contributed by atoms with Crippen LogP contribution in [0.15, 0.2) is 28.0 Å². The van der Waals surface area contributed by atoms with E-state index in [-0.39, 0.29) is 11.4 Å². The predicted octanol–water partition coefficient (Wildman–Crippen LogP) is 4.13. The molecule has 0 spiro atoms. The number of nitrogens with zero attached hydrogens (tertiary/aromatic N) is 1. The predicted molar refractivity (Wildman–Crippen MR) is 73.8 cm³/mol. The van der Waals surface area contributed by atoms with Crippen LogP contribution in [0.25, 0.3) is 10.9 Å². The Kier molecular flexibility index (Phi) is 4.11. The zero-order valence-corrected chi connectivity index (χ0v) is 11.7. The number of aromatic nitrogens is 1. The Hall–Kier alpha value is -0.820. The van der Waals surface area contributed by atoms with Crippen molar-refractivity contribution >= 4 is 60.2 Å². The van der Waals surface area contributed by atoms with Crippen LogP contribution in [0.2, 0.25) is 0 Å². The number of hydrogen-bond donors (Lipinski definition) is 2. The van der Waals surface area contributed by atoms with Crippen molar-refractivity contribution in [1.82, 2.24) is 4.98 Å². The van der Waals surface area contributed by atoms with Gasteiger partial charge in [0.25, 0.3) is 0 Å². The first-order chi connectivity index (χ1) is 8.56. The molecule has 2 N–H and O–H groups in total. The van der Waals surface area contributed by atoms with E-state index in [0.717, 1.165) is 28.0 Å². The Morgan fingerprint density at radius 2 is 1.94 bits per heavy atom. The average Bonchev–Trinajstić information content (AvgIpc) is 2.36. The standard InChI is InChI=1S/C10H5Cl2NO3S2/c11-17-4-1-5-9(8(2-4)18-12)7(14)3-6(13-5)10(15)16/h1-3H,(H,13,14)(H,15,16). The minimum absolute atomic E-state index is 0.174. The molecule has 94 valence electrons. The molecule has 0 aliphatic heterocycles. The summed E-state index contributed by atoms with van der Waals surface area (Å²) in [6.45, 7) is 0. The minimum Gasteiger partial charge on any atom is -0.507 e. The molecule has 18 heavy (non-hydrogen) atoms. The summed E-state index contributed by atoms with van der Waals surface area (Å²) in [5.41, 5.74) is 0.100. The number of benzene rings is 1. The first-order valence-corrected chi connectivity index (χ1v) is 7.83. The second-order valence-corrected chi connectivity index (χ2v) is 5.45. The van der Waals surface area contributed by atoms with Crippen molar-refractivity contribution in [3.05, 3.63) is 23.9 Å². The summed E-state index contributed by atoms with van der Waals surface area (Å²) >= 11 is 0. The van der Waals surface area contributed by atoms with Crippen molar-refractivity contribution in [1.29, 1.82) is 0 Å². The molecule has 0 unspecified atom stereocenters. The van der Waals surface area contributed by atoms with E-state index in [0.29, 0.717) is 20.7 Å². The molecule has 4 nitrogen and oxygen atoms in total. The van der Waals surface area contributed by atoms with Crippen molar-refractivity contribution in [3.8, 4) is 5.75 Å². The molecule has 0 bridgehead atoms. The van der Waals surface area contributed by atoms with Gasteiger partial charge in [0.15, 0.2) is 5.69 Å². The monoisotopic (exact) mass is 321 g/mol. The molecule has 0 aliphatic carbocycles. The minimum atomic E-state index is -1.21. The number of rotatable bonds is 3. The van der Waals surface area contributed by atoms with Crippen LogP contribution in [0.3, 0.4) is 0 Å². The van der Waals surface area contributed by atoms with Gasteiger partial charge >= 0.3 is 5.97 Å². The summed E-state index contributed by atoms with van der Waals surface area (Å²) in [7, 11) is 13.2. The molecule has 1 aromatic heterocycles. The summed E-state index contributed by atoms with van der Waals surface area (Å²) < 4.78 is 0. The summed E-state index contributed by atoms with van der Waals surface area (Å²) in [5, 5.41) is 19.2. The molecule has 0 atom stereocenters. The van der Waals surface area contributed by atoms with Crippen molar-refractivity contribution in [2.24, 2.45) is 0 Å². The number of halogens is 2. The Morgan fingerprint density at radius 1 is 1.22 bits per heavy atom. The zero-order chi connectivity index (χ0) is 13.3. The molecular weight excluding hydrogens is 317 g/mol. The second kappa shape index (κ2) is 5.44. The van der Waals surface area contributed by atoms with E-state index in [2.05, 4.69) is 4.98 Å². The second-order valence-electron chi connectivity index (χ2n) is 3.30. The van der Waals surface area contributed by atoms with Gasteiger partial charge in [-0.25, -0.2) is 9.78 Å². The summed E-state index contributed by atoms with van der Waals surface area (Å²) in [6, 6.07) is 4.38.